The van der Waals surface area contributed by atoms with Gasteiger partial charge in [-0.25, -0.2) is 0 Å². The van der Waals surface area contributed by atoms with E-state index in [1.54, 1.807) is 0 Å². The fourth-order valence-electron chi connectivity index (χ4n) is 1.81. The van der Waals surface area contributed by atoms with Crippen molar-refractivity contribution >= 4 is 22.9 Å². The summed E-state index contributed by atoms with van der Waals surface area (Å²) < 4.78 is 0. The standard InChI is InChI=1S/C14H16N2OS/c1-2-16(14(17)12-6-7-18-10-12)9-11-4-3-5-13(15)8-11/h3-8,10H,2,9,15H2,1H3. The number of hydrogen-bond donors (Lipinski definition) is 1. The van der Waals surface area contributed by atoms with Gasteiger partial charge in [0.05, 0.1) is 5.56 Å². The summed E-state index contributed by atoms with van der Waals surface area (Å²) in [6, 6.07) is 9.51. The number of nitrogen functional groups attached to an aromatic ring is 1. The summed E-state index contributed by atoms with van der Waals surface area (Å²) in [5.41, 5.74) is 8.28. The van der Waals surface area contributed by atoms with Crippen LogP contribution in [0.4, 0.5) is 5.69 Å². The third-order valence-electron chi connectivity index (χ3n) is 2.76. The van der Waals surface area contributed by atoms with Crippen LogP contribution < -0.4 is 5.73 Å². The van der Waals surface area contributed by atoms with Crippen molar-refractivity contribution in [3.05, 3.63) is 52.2 Å². The number of nitrogens with two attached hydrogens (primary N) is 1. The molecule has 0 spiro atoms. The average molecular weight is 260 g/mol. The molecule has 0 radical (unpaired) electrons. The van der Waals surface area contributed by atoms with Gasteiger partial charge in [0.1, 0.15) is 0 Å². The van der Waals surface area contributed by atoms with Gasteiger partial charge in [-0.2, -0.15) is 11.3 Å². The van der Waals surface area contributed by atoms with Crippen molar-refractivity contribution in [2.24, 2.45) is 0 Å². The van der Waals surface area contributed by atoms with E-state index in [4.69, 9.17) is 5.73 Å². The molecule has 0 atom stereocenters. The molecule has 0 fully saturated rings. The van der Waals surface area contributed by atoms with Crippen molar-refractivity contribution in [3.8, 4) is 0 Å². The van der Waals surface area contributed by atoms with E-state index in [0.29, 0.717) is 13.1 Å². The van der Waals surface area contributed by atoms with Crippen molar-refractivity contribution in [2.45, 2.75) is 13.5 Å². The van der Waals surface area contributed by atoms with Gasteiger partial charge >= 0.3 is 0 Å². The van der Waals surface area contributed by atoms with Crippen LogP contribution in [0.15, 0.2) is 41.1 Å². The molecular formula is C14H16N2OS. The van der Waals surface area contributed by atoms with E-state index in [1.165, 1.54) is 11.3 Å². The Morgan fingerprint density at radius 2 is 2.22 bits per heavy atom. The number of nitrogens with zero attached hydrogens (tertiary/aromatic N) is 1. The minimum absolute atomic E-state index is 0.0705. The van der Waals surface area contributed by atoms with Crippen LogP contribution in [0.2, 0.25) is 0 Å². The van der Waals surface area contributed by atoms with Gasteiger partial charge in [-0.15, -0.1) is 0 Å². The Balaban J connectivity index is 2.12. The predicted octanol–water partition coefficient (Wildman–Crippen LogP) is 2.99. The first-order valence-corrected chi connectivity index (χ1v) is 6.81. The average Bonchev–Trinajstić information content (AvgIpc) is 2.89. The van der Waals surface area contributed by atoms with E-state index in [-0.39, 0.29) is 5.91 Å². The Morgan fingerprint density at radius 1 is 1.39 bits per heavy atom. The molecule has 94 valence electrons. The second kappa shape index (κ2) is 5.69. The Hall–Kier alpha value is -1.81. The third kappa shape index (κ3) is 2.90. The van der Waals surface area contributed by atoms with E-state index in [2.05, 4.69) is 0 Å². The number of thiophene rings is 1. The quantitative estimate of drug-likeness (QED) is 0.859. The van der Waals surface area contributed by atoms with Crippen molar-refractivity contribution in [3.63, 3.8) is 0 Å². The molecule has 1 amide bonds. The fraction of sp³-hybridized carbons (Fsp3) is 0.214. The number of carbonyl (C=O) groups excluding carboxylic acids is 1. The van der Waals surface area contributed by atoms with Crippen LogP contribution in [-0.2, 0) is 6.54 Å². The first kappa shape index (κ1) is 12.6. The SMILES string of the molecule is CCN(Cc1cccc(N)c1)C(=O)c1ccsc1. The van der Waals surface area contributed by atoms with Crippen LogP contribution in [0.1, 0.15) is 22.8 Å². The second-order valence-corrected chi connectivity index (χ2v) is 4.86. The highest BCUT2D eigenvalue weighted by molar-refractivity contribution is 7.08. The maximum absolute atomic E-state index is 12.2. The summed E-state index contributed by atoms with van der Waals surface area (Å²) >= 11 is 1.54. The molecular weight excluding hydrogens is 244 g/mol. The number of benzene rings is 1. The fourth-order valence-corrected chi connectivity index (χ4v) is 2.44. The molecule has 2 aromatic rings. The monoisotopic (exact) mass is 260 g/mol. The predicted molar refractivity (Wildman–Crippen MR) is 75.6 cm³/mol. The molecule has 18 heavy (non-hydrogen) atoms. The van der Waals surface area contributed by atoms with Crippen molar-refractivity contribution < 1.29 is 4.79 Å². The van der Waals surface area contributed by atoms with Gasteiger partial charge < -0.3 is 10.6 Å². The highest BCUT2D eigenvalue weighted by atomic mass is 32.1. The van der Waals surface area contributed by atoms with E-state index in [1.807, 2.05) is 52.9 Å². The zero-order chi connectivity index (χ0) is 13.0. The molecule has 0 aliphatic carbocycles. The maximum Gasteiger partial charge on any atom is 0.254 e. The molecule has 1 heterocycles. The Morgan fingerprint density at radius 3 is 2.83 bits per heavy atom. The lowest BCUT2D eigenvalue weighted by molar-refractivity contribution is 0.0753. The van der Waals surface area contributed by atoms with Gasteiger partial charge in [0, 0.05) is 24.2 Å². The first-order chi connectivity index (χ1) is 8.70. The number of anilines is 1. The lowest BCUT2D eigenvalue weighted by Gasteiger charge is -2.20. The van der Waals surface area contributed by atoms with Gasteiger partial charge in [-0.05, 0) is 36.1 Å². The van der Waals surface area contributed by atoms with Gasteiger partial charge in [-0.3, -0.25) is 4.79 Å². The van der Waals surface area contributed by atoms with E-state index < -0.39 is 0 Å². The van der Waals surface area contributed by atoms with Gasteiger partial charge in [0.15, 0.2) is 0 Å². The normalized spacial score (nSPS) is 10.3. The van der Waals surface area contributed by atoms with E-state index >= 15 is 0 Å². The van der Waals surface area contributed by atoms with E-state index in [0.717, 1.165) is 16.8 Å². The maximum atomic E-state index is 12.2. The highest BCUT2D eigenvalue weighted by Crippen LogP contribution is 2.14. The number of carbonyl (C=O) groups is 1. The summed E-state index contributed by atoms with van der Waals surface area (Å²) in [5.74, 6) is 0.0705. The molecule has 1 aromatic heterocycles. The minimum Gasteiger partial charge on any atom is -0.399 e. The minimum atomic E-state index is 0.0705. The molecule has 1 aromatic carbocycles. The van der Waals surface area contributed by atoms with Crippen molar-refractivity contribution in [1.82, 2.24) is 4.90 Å². The molecule has 2 N–H and O–H groups in total. The Kier molecular flexibility index (Phi) is 3.99. The van der Waals surface area contributed by atoms with Crippen molar-refractivity contribution in [2.75, 3.05) is 12.3 Å². The lowest BCUT2D eigenvalue weighted by Crippen LogP contribution is -2.29. The number of hydrogen-bond acceptors (Lipinski definition) is 3. The summed E-state index contributed by atoms with van der Waals surface area (Å²) in [4.78, 5) is 14.0. The molecule has 2 rings (SSSR count). The van der Waals surface area contributed by atoms with Crippen LogP contribution in [0.3, 0.4) is 0 Å². The van der Waals surface area contributed by atoms with Crippen LogP contribution in [-0.4, -0.2) is 17.4 Å². The summed E-state index contributed by atoms with van der Waals surface area (Å²) in [7, 11) is 0. The van der Waals surface area contributed by atoms with Crippen LogP contribution >= 0.6 is 11.3 Å². The smallest absolute Gasteiger partial charge is 0.254 e. The largest absolute Gasteiger partial charge is 0.399 e. The molecule has 0 saturated heterocycles. The lowest BCUT2D eigenvalue weighted by atomic mass is 10.2. The number of rotatable bonds is 4. The molecule has 0 bridgehead atoms. The molecule has 4 heteroatoms. The molecule has 0 aliphatic rings. The summed E-state index contributed by atoms with van der Waals surface area (Å²) in [5, 5.41) is 3.80. The number of amides is 1. The topological polar surface area (TPSA) is 46.3 Å². The Labute approximate surface area is 111 Å². The Bertz CT molecular complexity index is 522. The second-order valence-electron chi connectivity index (χ2n) is 4.08. The van der Waals surface area contributed by atoms with Crippen molar-refractivity contribution in [1.29, 1.82) is 0 Å². The molecule has 0 saturated carbocycles. The molecule has 0 aliphatic heterocycles. The highest BCUT2D eigenvalue weighted by Gasteiger charge is 2.14. The van der Waals surface area contributed by atoms with Gasteiger partial charge in [0.25, 0.3) is 5.91 Å². The molecule has 0 unspecified atom stereocenters. The zero-order valence-electron chi connectivity index (χ0n) is 10.3. The van der Waals surface area contributed by atoms with Crippen LogP contribution in [0.25, 0.3) is 0 Å². The zero-order valence-corrected chi connectivity index (χ0v) is 11.1. The van der Waals surface area contributed by atoms with Gasteiger partial charge in [0.2, 0.25) is 0 Å². The summed E-state index contributed by atoms with van der Waals surface area (Å²) in [6.07, 6.45) is 0. The summed E-state index contributed by atoms with van der Waals surface area (Å²) in [6.45, 7) is 3.26. The molecule has 3 nitrogen and oxygen atoms in total. The van der Waals surface area contributed by atoms with Crippen LogP contribution in [0, 0.1) is 0 Å². The first-order valence-electron chi connectivity index (χ1n) is 5.86. The third-order valence-corrected chi connectivity index (χ3v) is 3.44. The van der Waals surface area contributed by atoms with Crippen LogP contribution in [0.5, 0.6) is 0 Å². The van der Waals surface area contributed by atoms with Gasteiger partial charge in [-0.1, -0.05) is 12.1 Å². The van der Waals surface area contributed by atoms with E-state index in [9.17, 15) is 4.79 Å².